The van der Waals surface area contributed by atoms with Crippen LogP contribution in [0.3, 0.4) is 0 Å². The Kier molecular flexibility index (Phi) is 6.99. The molecule has 1 spiro atoms. The maximum Gasteiger partial charge on any atom is 0.246 e. The molecule has 3 heterocycles. The highest BCUT2D eigenvalue weighted by atomic mass is 35.5. The third-order valence-corrected chi connectivity index (χ3v) is 9.80. The van der Waals surface area contributed by atoms with E-state index in [0.717, 1.165) is 30.4 Å². The van der Waals surface area contributed by atoms with E-state index in [0.29, 0.717) is 22.5 Å². The number of aryl methyl sites for hydroxylation is 1. The van der Waals surface area contributed by atoms with E-state index in [4.69, 9.17) is 16.3 Å². The highest BCUT2D eigenvalue weighted by Crippen LogP contribution is 2.55. The first kappa shape index (κ1) is 27.0. The van der Waals surface area contributed by atoms with Crippen molar-refractivity contribution in [2.24, 2.45) is 23.7 Å². The van der Waals surface area contributed by atoms with E-state index in [9.17, 15) is 14.4 Å². The Labute approximate surface area is 240 Å². The maximum atomic E-state index is 14.2. The molecule has 8 atom stereocenters. The van der Waals surface area contributed by atoms with E-state index in [1.54, 1.807) is 29.2 Å². The second-order valence-corrected chi connectivity index (χ2v) is 12.5. The van der Waals surface area contributed by atoms with Gasteiger partial charge in [-0.25, -0.2) is 0 Å². The first-order valence-corrected chi connectivity index (χ1v) is 14.7. The second kappa shape index (κ2) is 10.3. The van der Waals surface area contributed by atoms with Crippen molar-refractivity contribution in [3.63, 3.8) is 0 Å². The van der Waals surface area contributed by atoms with Gasteiger partial charge in [0.1, 0.15) is 11.6 Å². The van der Waals surface area contributed by atoms with Crippen LogP contribution in [0.15, 0.2) is 60.7 Å². The summed E-state index contributed by atoms with van der Waals surface area (Å²) >= 11 is 6.01. The van der Waals surface area contributed by atoms with E-state index >= 15 is 0 Å². The minimum absolute atomic E-state index is 0.0367. The van der Waals surface area contributed by atoms with Gasteiger partial charge in [-0.1, -0.05) is 80.3 Å². The van der Waals surface area contributed by atoms with Crippen LogP contribution in [-0.2, 0) is 25.7 Å². The molecule has 3 amide bonds. The van der Waals surface area contributed by atoms with E-state index in [-0.39, 0.29) is 30.3 Å². The normalized spacial score (nSPS) is 34.1. The summed E-state index contributed by atoms with van der Waals surface area (Å²) in [5.74, 6) is -1.44. The molecule has 3 aliphatic heterocycles. The number of hydrogen-bond acceptors (Lipinski definition) is 4. The van der Waals surface area contributed by atoms with E-state index in [1.807, 2.05) is 43.3 Å². The second-order valence-electron chi connectivity index (χ2n) is 12.0. The number of rotatable bonds is 6. The van der Waals surface area contributed by atoms with Crippen LogP contribution in [0.2, 0.25) is 5.02 Å². The van der Waals surface area contributed by atoms with Gasteiger partial charge in [-0.15, -0.1) is 0 Å². The molecule has 8 heteroatoms. The molecule has 1 saturated carbocycles. The van der Waals surface area contributed by atoms with Gasteiger partial charge in [0, 0.05) is 23.3 Å². The van der Waals surface area contributed by atoms with Crippen molar-refractivity contribution in [1.29, 1.82) is 0 Å². The Hall–Kier alpha value is -3.16. The molecule has 8 unspecified atom stereocenters. The molecular weight excluding hydrogens is 526 g/mol. The average molecular weight is 562 g/mol. The third kappa shape index (κ3) is 4.53. The van der Waals surface area contributed by atoms with Crippen LogP contribution in [-0.4, -0.2) is 46.4 Å². The van der Waals surface area contributed by atoms with Crippen molar-refractivity contribution >= 4 is 35.0 Å². The maximum absolute atomic E-state index is 14.2. The standard InChI is InChI=1S/C32H36ClN3O4/c1-18-7-9-21(10-8-18)17-36-28(30(38)35-24-6-4-5-19(2)20(24)3)32-16-15-25(40-32)26(27(32)31(36)39)29(37)34-23-13-11-22(33)12-14-23/h7-16,19-20,24-28H,4-6,17H2,1-3H3,(H,34,37)(H,35,38). The largest absolute Gasteiger partial charge is 0.359 e. The van der Waals surface area contributed by atoms with E-state index in [1.165, 1.54) is 0 Å². The first-order chi connectivity index (χ1) is 19.2. The smallest absolute Gasteiger partial charge is 0.246 e. The van der Waals surface area contributed by atoms with Gasteiger partial charge in [0.05, 0.1) is 17.9 Å². The number of halogens is 1. The molecule has 6 rings (SSSR count). The van der Waals surface area contributed by atoms with Crippen molar-refractivity contribution in [3.05, 3.63) is 76.8 Å². The third-order valence-electron chi connectivity index (χ3n) is 9.54. The number of hydrogen-bond donors (Lipinski definition) is 2. The molecule has 0 aromatic heterocycles. The van der Waals surface area contributed by atoms with Gasteiger partial charge in [-0.05, 0) is 55.0 Å². The van der Waals surface area contributed by atoms with Crippen molar-refractivity contribution in [2.75, 3.05) is 5.32 Å². The van der Waals surface area contributed by atoms with Gasteiger partial charge in [-0.3, -0.25) is 14.4 Å². The first-order valence-electron chi connectivity index (χ1n) is 14.3. The highest BCUT2D eigenvalue weighted by molar-refractivity contribution is 6.30. The van der Waals surface area contributed by atoms with Crippen LogP contribution < -0.4 is 10.6 Å². The Bertz CT molecular complexity index is 1340. The number of nitrogens with one attached hydrogen (secondary N) is 2. The summed E-state index contributed by atoms with van der Waals surface area (Å²) in [4.78, 5) is 43.6. The molecule has 1 aliphatic carbocycles. The zero-order valence-corrected chi connectivity index (χ0v) is 23.9. The zero-order chi connectivity index (χ0) is 28.2. The van der Waals surface area contributed by atoms with Crippen LogP contribution in [0.1, 0.15) is 44.2 Å². The number of ether oxygens (including phenoxy) is 1. The fraction of sp³-hybridized carbons (Fsp3) is 0.469. The summed E-state index contributed by atoms with van der Waals surface area (Å²) in [6.45, 7) is 6.70. The van der Waals surface area contributed by atoms with Crippen LogP contribution in [0.25, 0.3) is 0 Å². The number of amides is 3. The SMILES string of the molecule is Cc1ccc(CN2C(=O)C3C(C(=O)Nc4ccc(Cl)cc4)C4C=CC3(O4)C2C(=O)NC2CCCC(C)C2C)cc1. The molecule has 2 N–H and O–H groups in total. The molecule has 3 fully saturated rings. The lowest BCUT2D eigenvalue weighted by atomic mass is 9.73. The van der Waals surface area contributed by atoms with E-state index in [2.05, 4.69) is 24.5 Å². The fourth-order valence-corrected chi connectivity index (χ4v) is 7.26. The van der Waals surface area contributed by atoms with Crippen molar-refractivity contribution in [2.45, 2.75) is 70.4 Å². The molecule has 4 aliphatic rings. The number of carbonyl (C=O) groups excluding carboxylic acids is 3. The molecule has 2 saturated heterocycles. The average Bonchev–Trinajstić information content (AvgIpc) is 3.57. The van der Waals surface area contributed by atoms with Crippen LogP contribution in [0.5, 0.6) is 0 Å². The summed E-state index contributed by atoms with van der Waals surface area (Å²) in [6, 6.07) is 14.0. The van der Waals surface area contributed by atoms with E-state index < -0.39 is 29.6 Å². The van der Waals surface area contributed by atoms with Gasteiger partial charge in [0.15, 0.2) is 0 Å². The Morgan fingerprint density at radius 1 is 1.05 bits per heavy atom. The monoisotopic (exact) mass is 561 g/mol. The molecule has 40 heavy (non-hydrogen) atoms. The quantitative estimate of drug-likeness (QED) is 0.492. The lowest BCUT2D eigenvalue weighted by Crippen LogP contribution is -2.57. The van der Waals surface area contributed by atoms with Gasteiger partial charge in [0.2, 0.25) is 17.7 Å². The minimum atomic E-state index is -1.19. The number of anilines is 1. The highest BCUT2D eigenvalue weighted by Gasteiger charge is 2.72. The topological polar surface area (TPSA) is 87.7 Å². The van der Waals surface area contributed by atoms with Crippen molar-refractivity contribution in [3.8, 4) is 0 Å². The van der Waals surface area contributed by atoms with Gasteiger partial charge >= 0.3 is 0 Å². The van der Waals surface area contributed by atoms with Crippen LogP contribution in [0, 0.1) is 30.6 Å². The summed E-state index contributed by atoms with van der Waals surface area (Å²) in [5.41, 5.74) is 1.44. The number of likely N-dealkylation sites (tertiary alicyclic amines) is 1. The lowest BCUT2D eigenvalue weighted by molar-refractivity contribution is -0.142. The summed E-state index contributed by atoms with van der Waals surface area (Å²) in [7, 11) is 0. The van der Waals surface area contributed by atoms with Crippen molar-refractivity contribution < 1.29 is 19.1 Å². The molecular formula is C32H36ClN3O4. The zero-order valence-electron chi connectivity index (χ0n) is 23.1. The van der Waals surface area contributed by atoms with Crippen LogP contribution >= 0.6 is 11.6 Å². The molecule has 210 valence electrons. The Morgan fingerprint density at radius 3 is 2.50 bits per heavy atom. The number of carbonyl (C=O) groups is 3. The predicted molar refractivity (Wildman–Crippen MR) is 153 cm³/mol. The van der Waals surface area contributed by atoms with Gasteiger partial charge in [0.25, 0.3) is 0 Å². The molecule has 2 aromatic rings. The van der Waals surface area contributed by atoms with Gasteiger partial charge in [-0.2, -0.15) is 0 Å². The summed E-state index contributed by atoms with van der Waals surface area (Å²) in [6.07, 6.45) is 6.25. The number of benzene rings is 2. The minimum Gasteiger partial charge on any atom is -0.359 e. The van der Waals surface area contributed by atoms with Gasteiger partial charge < -0.3 is 20.3 Å². The lowest BCUT2D eigenvalue weighted by Gasteiger charge is -2.38. The molecule has 7 nitrogen and oxygen atoms in total. The number of fused-ring (bicyclic) bond motifs is 1. The molecule has 2 aromatic carbocycles. The Morgan fingerprint density at radius 2 is 1.77 bits per heavy atom. The fourth-order valence-electron chi connectivity index (χ4n) is 7.13. The summed E-state index contributed by atoms with van der Waals surface area (Å²) in [5, 5.41) is 6.81. The predicted octanol–water partition coefficient (Wildman–Crippen LogP) is 4.88. The van der Waals surface area contributed by atoms with Crippen molar-refractivity contribution in [1.82, 2.24) is 10.2 Å². The number of nitrogens with zero attached hydrogens (tertiary/aromatic N) is 1. The Balaban J connectivity index is 1.32. The summed E-state index contributed by atoms with van der Waals surface area (Å²) < 4.78 is 6.49. The molecule has 2 bridgehead atoms. The van der Waals surface area contributed by atoms with Crippen LogP contribution in [0.4, 0.5) is 5.69 Å². The molecule has 0 radical (unpaired) electrons.